The summed E-state index contributed by atoms with van der Waals surface area (Å²) in [7, 11) is 2.25. The molecule has 0 unspecified atom stereocenters. The van der Waals surface area contributed by atoms with Crippen molar-refractivity contribution < 1.29 is 0 Å². The standard InChI is InChI=1S/C24H33N3/c1-25-14-12-21(13-15-25)20-26-16-18-27(19-17-26)24(22-8-4-2-5-9-22)23-10-6-3-7-11-23/h2-11,21,24H,12-20H2,1H3. The maximum Gasteiger partial charge on any atom is 0.0602 e. The van der Waals surface area contributed by atoms with Crippen molar-refractivity contribution in [3.05, 3.63) is 71.8 Å². The number of piperidine rings is 1. The second-order valence-electron chi connectivity index (χ2n) is 8.31. The van der Waals surface area contributed by atoms with Gasteiger partial charge in [-0.1, -0.05) is 60.7 Å². The molecule has 2 saturated heterocycles. The van der Waals surface area contributed by atoms with Gasteiger partial charge in [-0.2, -0.15) is 0 Å². The van der Waals surface area contributed by atoms with Gasteiger partial charge in [0, 0.05) is 32.7 Å². The van der Waals surface area contributed by atoms with Gasteiger partial charge in [-0.05, 0) is 50.0 Å². The molecule has 0 saturated carbocycles. The zero-order valence-corrected chi connectivity index (χ0v) is 16.6. The number of rotatable bonds is 5. The van der Waals surface area contributed by atoms with Crippen molar-refractivity contribution in [2.24, 2.45) is 5.92 Å². The highest BCUT2D eigenvalue weighted by molar-refractivity contribution is 5.31. The first-order valence-electron chi connectivity index (χ1n) is 10.5. The molecule has 2 aliphatic heterocycles. The fraction of sp³-hybridized carbons (Fsp3) is 0.500. The lowest BCUT2D eigenvalue weighted by molar-refractivity contribution is 0.0847. The summed E-state index contributed by atoms with van der Waals surface area (Å²) in [5, 5.41) is 0. The minimum atomic E-state index is 0.373. The van der Waals surface area contributed by atoms with Crippen LogP contribution in [0.3, 0.4) is 0 Å². The number of likely N-dealkylation sites (tertiary alicyclic amines) is 1. The van der Waals surface area contributed by atoms with Crippen molar-refractivity contribution in [1.29, 1.82) is 0 Å². The minimum absolute atomic E-state index is 0.373. The smallest absolute Gasteiger partial charge is 0.0602 e. The third kappa shape index (κ3) is 4.78. The van der Waals surface area contributed by atoms with E-state index in [-0.39, 0.29) is 0 Å². The molecule has 2 aromatic carbocycles. The molecule has 3 nitrogen and oxygen atoms in total. The van der Waals surface area contributed by atoms with Gasteiger partial charge in [0.15, 0.2) is 0 Å². The van der Waals surface area contributed by atoms with Gasteiger partial charge in [-0.15, -0.1) is 0 Å². The lowest BCUT2D eigenvalue weighted by Crippen LogP contribution is -2.49. The normalized spacial score (nSPS) is 21.0. The van der Waals surface area contributed by atoms with Crippen LogP contribution in [-0.4, -0.2) is 67.6 Å². The molecule has 3 heteroatoms. The molecule has 0 aliphatic carbocycles. The van der Waals surface area contributed by atoms with Crippen molar-refractivity contribution in [3.8, 4) is 0 Å². The van der Waals surface area contributed by atoms with E-state index in [0.29, 0.717) is 6.04 Å². The first kappa shape index (κ1) is 18.7. The summed E-state index contributed by atoms with van der Waals surface area (Å²) in [4.78, 5) is 7.86. The maximum atomic E-state index is 2.71. The Morgan fingerprint density at radius 1 is 0.741 bits per heavy atom. The maximum absolute atomic E-state index is 2.71. The van der Waals surface area contributed by atoms with Crippen LogP contribution in [0, 0.1) is 5.92 Å². The molecule has 27 heavy (non-hydrogen) atoms. The van der Waals surface area contributed by atoms with E-state index in [1.807, 2.05) is 0 Å². The van der Waals surface area contributed by atoms with Gasteiger partial charge in [0.25, 0.3) is 0 Å². The third-order valence-electron chi connectivity index (χ3n) is 6.36. The van der Waals surface area contributed by atoms with Crippen LogP contribution in [0.1, 0.15) is 30.0 Å². The summed E-state index contributed by atoms with van der Waals surface area (Å²) in [5.74, 6) is 0.895. The van der Waals surface area contributed by atoms with Gasteiger partial charge in [-0.25, -0.2) is 0 Å². The fourth-order valence-corrected chi connectivity index (χ4v) is 4.70. The van der Waals surface area contributed by atoms with E-state index < -0.39 is 0 Å². The van der Waals surface area contributed by atoms with Gasteiger partial charge in [-0.3, -0.25) is 4.90 Å². The second-order valence-corrected chi connectivity index (χ2v) is 8.31. The number of hydrogen-bond donors (Lipinski definition) is 0. The number of nitrogens with zero attached hydrogens (tertiary/aromatic N) is 3. The van der Waals surface area contributed by atoms with E-state index in [0.717, 1.165) is 19.0 Å². The van der Waals surface area contributed by atoms with E-state index in [1.54, 1.807) is 0 Å². The van der Waals surface area contributed by atoms with Crippen LogP contribution in [0.25, 0.3) is 0 Å². The molecule has 2 fully saturated rings. The molecular formula is C24H33N3. The zero-order chi connectivity index (χ0) is 18.5. The Balaban J connectivity index is 1.40. The van der Waals surface area contributed by atoms with E-state index in [1.165, 1.54) is 56.7 Å². The molecular weight excluding hydrogens is 330 g/mol. The predicted molar refractivity (Wildman–Crippen MR) is 113 cm³/mol. The van der Waals surface area contributed by atoms with E-state index in [4.69, 9.17) is 0 Å². The Hall–Kier alpha value is -1.68. The number of piperazine rings is 1. The summed E-state index contributed by atoms with van der Waals surface area (Å²) in [6.07, 6.45) is 2.74. The van der Waals surface area contributed by atoms with E-state index >= 15 is 0 Å². The average Bonchev–Trinajstić information content (AvgIpc) is 2.73. The Bertz CT molecular complexity index is 632. The molecule has 4 rings (SSSR count). The summed E-state index contributed by atoms with van der Waals surface area (Å²) in [5.41, 5.74) is 2.82. The van der Waals surface area contributed by atoms with Crippen molar-refractivity contribution in [2.45, 2.75) is 18.9 Å². The van der Waals surface area contributed by atoms with Gasteiger partial charge >= 0.3 is 0 Å². The molecule has 0 radical (unpaired) electrons. The molecule has 0 bridgehead atoms. The molecule has 2 aromatic rings. The van der Waals surface area contributed by atoms with Crippen LogP contribution in [0.2, 0.25) is 0 Å². The Labute approximate surface area is 164 Å². The molecule has 0 spiro atoms. The highest BCUT2D eigenvalue weighted by Crippen LogP contribution is 2.29. The molecule has 0 N–H and O–H groups in total. The van der Waals surface area contributed by atoms with Crippen LogP contribution in [0.4, 0.5) is 0 Å². The molecule has 0 atom stereocenters. The molecule has 0 amide bonds. The van der Waals surface area contributed by atoms with Gasteiger partial charge in [0.2, 0.25) is 0 Å². The fourth-order valence-electron chi connectivity index (χ4n) is 4.70. The van der Waals surface area contributed by atoms with E-state index in [2.05, 4.69) is 82.4 Å². The Morgan fingerprint density at radius 3 is 1.78 bits per heavy atom. The van der Waals surface area contributed by atoms with Gasteiger partial charge in [0.1, 0.15) is 0 Å². The largest absolute Gasteiger partial charge is 0.306 e. The third-order valence-corrected chi connectivity index (χ3v) is 6.36. The molecule has 2 aliphatic rings. The van der Waals surface area contributed by atoms with Crippen LogP contribution >= 0.6 is 0 Å². The van der Waals surface area contributed by atoms with Crippen molar-refractivity contribution >= 4 is 0 Å². The average molecular weight is 364 g/mol. The van der Waals surface area contributed by atoms with Gasteiger partial charge < -0.3 is 9.80 Å². The van der Waals surface area contributed by atoms with E-state index in [9.17, 15) is 0 Å². The monoisotopic (exact) mass is 363 g/mol. The summed E-state index contributed by atoms with van der Waals surface area (Å²) in [6, 6.07) is 22.4. The van der Waals surface area contributed by atoms with Crippen molar-refractivity contribution in [1.82, 2.24) is 14.7 Å². The van der Waals surface area contributed by atoms with Crippen molar-refractivity contribution in [2.75, 3.05) is 52.9 Å². The summed E-state index contributed by atoms with van der Waals surface area (Å²) < 4.78 is 0. The van der Waals surface area contributed by atoms with Gasteiger partial charge in [0.05, 0.1) is 6.04 Å². The lowest BCUT2D eigenvalue weighted by Gasteiger charge is -2.41. The Morgan fingerprint density at radius 2 is 1.26 bits per heavy atom. The molecule has 2 heterocycles. The number of hydrogen-bond acceptors (Lipinski definition) is 3. The van der Waals surface area contributed by atoms with Crippen LogP contribution in [-0.2, 0) is 0 Å². The molecule has 0 aromatic heterocycles. The SMILES string of the molecule is CN1CCC(CN2CCN(C(c3ccccc3)c3ccccc3)CC2)CC1. The zero-order valence-electron chi connectivity index (χ0n) is 16.6. The van der Waals surface area contributed by atoms with Crippen LogP contribution < -0.4 is 0 Å². The number of benzene rings is 2. The quantitative estimate of drug-likeness (QED) is 0.801. The molecule has 144 valence electrons. The second kappa shape index (κ2) is 9.01. The topological polar surface area (TPSA) is 9.72 Å². The first-order valence-corrected chi connectivity index (χ1v) is 10.5. The Kier molecular flexibility index (Phi) is 6.23. The van der Waals surface area contributed by atoms with Crippen LogP contribution in [0.5, 0.6) is 0 Å². The lowest BCUT2D eigenvalue weighted by atomic mass is 9.95. The summed E-state index contributed by atoms with van der Waals surface area (Å²) in [6.45, 7) is 8.54. The van der Waals surface area contributed by atoms with Crippen molar-refractivity contribution in [3.63, 3.8) is 0 Å². The highest BCUT2D eigenvalue weighted by atomic mass is 15.3. The predicted octanol–water partition coefficient (Wildman–Crippen LogP) is 3.74. The summed E-state index contributed by atoms with van der Waals surface area (Å²) >= 11 is 0. The first-order chi connectivity index (χ1) is 13.3. The highest BCUT2D eigenvalue weighted by Gasteiger charge is 2.27. The van der Waals surface area contributed by atoms with Crippen LogP contribution in [0.15, 0.2) is 60.7 Å². The minimum Gasteiger partial charge on any atom is -0.306 e.